The molecule has 3 amide bonds. The summed E-state index contributed by atoms with van der Waals surface area (Å²) in [5.74, 6) is -9.73. The number of carbonyl (C=O) groups is 3. The Labute approximate surface area is 251 Å². The normalized spacial score (nSPS) is 11.0. The van der Waals surface area contributed by atoms with Crippen LogP contribution < -0.4 is 16.0 Å². The molecular formula is C30H20F4N4O5S. The zero-order valence-electron chi connectivity index (χ0n) is 22.3. The Hall–Kier alpha value is -5.50. The van der Waals surface area contributed by atoms with Gasteiger partial charge >= 0.3 is 0 Å². The van der Waals surface area contributed by atoms with Crippen LogP contribution in [0, 0.1) is 33.4 Å². The van der Waals surface area contributed by atoms with Crippen LogP contribution in [0.3, 0.4) is 0 Å². The highest BCUT2D eigenvalue weighted by Gasteiger charge is 2.21. The molecule has 0 saturated heterocycles. The van der Waals surface area contributed by atoms with Crippen molar-refractivity contribution >= 4 is 52.6 Å². The van der Waals surface area contributed by atoms with Gasteiger partial charge in [-0.25, -0.2) is 17.6 Å². The van der Waals surface area contributed by atoms with Crippen molar-refractivity contribution < 1.29 is 36.9 Å². The van der Waals surface area contributed by atoms with Gasteiger partial charge in [0.15, 0.2) is 23.3 Å². The molecule has 0 aliphatic rings. The second kappa shape index (κ2) is 14.1. The molecule has 4 rings (SSSR count). The lowest BCUT2D eigenvalue weighted by atomic mass is 10.1. The fraction of sp³-hybridized carbons (Fsp3) is 0.0333. The molecule has 0 spiro atoms. The number of nitro groups is 1. The van der Waals surface area contributed by atoms with E-state index in [1.165, 1.54) is 54.6 Å². The lowest BCUT2D eigenvalue weighted by molar-refractivity contribution is -0.385. The molecule has 14 heteroatoms. The first-order chi connectivity index (χ1) is 21.0. The molecule has 0 aliphatic carbocycles. The van der Waals surface area contributed by atoms with Crippen molar-refractivity contribution in [2.45, 2.75) is 4.90 Å². The van der Waals surface area contributed by atoms with E-state index < -0.39 is 57.4 Å². The van der Waals surface area contributed by atoms with Gasteiger partial charge in [0.2, 0.25) is 5.91 Å². The Bertz CT molecular complexity index is 1760. The number of thioether (sulfide) groups is 1. The first-order valence-electron chi connectivity index (χ1n) is 12.5. The summed E-state index contributed by atoms with van der Waals surface area (Å²) in [4.78, 5) is 49.7. The number of para-hydroxylation sites is 1. The Balaban J connectivity index is 1.51. The summed E-state index contributed by atoms with van der Waals surface area (Å²) in [5, 5.41) is 18.4. The number of amides is 3. The van der Waals surface area contributed by atoms with E-state index in [0.717, 1.165) is 17.8 Å². The van der Waals surface area contributed by atoms with Crippen LogP contribution in [-0.4, -0.2) is 28.4 Å². The van der Waals surface area contributed by atoms with E-state index >= 15 is 0 Å². The molecule has 0 saturated carbocycles. The molecule has 0 unspecified atom stereocenters. The van der Waals surface area contributed by atoms with Gasteiger partial charge in [-0.2, -0.15) is 0 Å². The van der Waals surface area contributed by atoms with Crippen LogP contribution in [0.1, 0.15) is 15.9 Å². The summed E-state index contributed by atoms with van der Waals surface area (Å²) >= 11 is 0.878. The second-order valence-electron chi connectivity index (χ2n) is 8.86. The Morgan fingerprint density at radius 1 is 0.818 bits per heavy atom. The summed E-state index contributed by atoms with van der Waals surface area (Å²) < 4.78 is 54.6. The quantitative estimate of drug-likeness (QED) is 0.0475. The largest absolute Gasteiger partial charge is 0.321 e. The Kier molecular flexibility index (Phi) is 10.1. The van der Waals surface area contributed by atoms with Crippen molar-refractivity contribution in [3.05, 3.63) is 135 Å². The van der Waals surface area contributed by atoms with Crippen molar-refractivity contribution in [1.29, 1.82) is 0 Å². The van der Waals surface area contributed by atoms with Crippen molar-refractivity contribution in [2.24, 2.45) is 0 Å². The Morgan fingerprint density at radius 2 is 1.48 bits per heavy atom. The van der Waals surface area contributed by atoms with Gasteiger partial charge in [0.25, 0.3) is 17.5 Å². The van der Waals surface area contributed by atoms with Crippen LogP contribution in [-0.2, 0) is 9.59 Å². The van der Waals surface area contributed by atoms with Gasteiger partial charge in [-0.05, 0) is 42.5 Å². The zero-order chi connectivity index (χ0) is 31.8. The lowest BCUT2D eigenvalue weighted by Gasteiger charge is -2.12. The van der Waals surface area contributed by atoms with Gasteiger partial charge in [-0.15, -0.1) is 11.8 Å². The van der Waals surface area contributed by atoms with E-state index in [2.05, 4.69) is 10.6 Å². The minimum atomic E-state index is -1.75. The molecule has 4 aromatic rings. The van der Waals surface area contributed by atoms with Crippen molar-refractivity contribution in [3.8, 4) is 0 Å². The summed E-state index contributed by atoms with van der Waals surface area (Å²) in [5.41, 5.74) is -1.39. The monoisotopic (exact) mass is 624 g/mol. The maximum absolute atomic E-state index is 13.9. The number of nitrogens with zero attached hydrogens (tertiary/aromatic N) is 1. The number of hydrogen-bond donors (Lipinski definition) is 3. The van der Waals surface area contributed by atoms with Gasteiger partial charge in [-0.1, -0.05) is 36.4 Å². The first kappa shape index (κ1) is 31.4. The number of carbonyl (C=O) groups excluding carboxylic acids is 3. The molecule has 0 atom stereocenters. The number of halogens is 4. The average molecular weight is 625 g/mol. The molecule has 0 aliphatic heterocycles. The summed E-state index contributed by atoms with van der Waals surface area (Å²) in [6, 6.07) is 19.6. The summed E-state index contributed by atoms with van der Waals surface area (Å²) in [6.07, 6.45) is 1.16. The topological polar surface area (TPSA) is 130 Å². The van der Waals surface area contributed by atoms with E-state index in [1.54, 1.807) is 29.6 Å². The molecule has 224 valence electrons. The summed E-state index contributed by atoms with van der Waals surface area (Å²) in [7, 11) is 0. The maximum atomic E-state index is 13.9. The highest BCUT2D eigenvalue weighted by molar-refractivity contribution is 8.00. The molecule has 0 fully saturated rings. The van der Waals surface area contributed by atoms with Crippen LogP contribution in [0.4, 0.5) is 34.6 Å². The van der Waals surface area contributed by atoms with Crippen LogP contribution in [0.25, 0.3) is 6.08 Å². The third-order valence-corrected chi connectivity index (χ3v) is 6.79. The number of rotatable bonds is 10. The molecule has 4 aromatic carbocycles. The van der Waals surface area contributed by atoms with Gasteiger partial charge in [0.1, 0.15) is 11.4 Å². The number of nitrogens with one attached hydrogen (secondary N) is 3. The van der Waals surface area contributed by atoms with Gasteiger partial charge in [0, 0.05) is 28.3 Å². The molecule has 0 aromatic heterocycles. The van der Waals surface area contributed by atoms with Crippen molar-refractivity contribution in [2.75, 3.05) is 16.4 Å². The second-order valence-corrected chi connectivity index (χ2v) is 9.90. The van der Waals surface area contributed by atoms with Crippen LogP contribution in [0.2, 0.25) is 0 Å². The minimum absolute atomic E-state index is 0.0175. The number of benzene rings is 4. The average Bonchev–Trinajstić information content (AvgIpc) is 3.01. The van der Waals surface area contributed by atoms with E-state index in [1.807, 2.05) is 0 Å². The number of hydrogen-bond acceptors (Lipinski definition) is 6. The van der Waals surface area contributed by atoms with Gasteiger partial charge in [-0.3, -0.25) is 24.5 Å². The predicted molar refractivity (Wildman–Crippen MR) is 156 cm³/mol. The fourth-order valence-corrected chi connectivity index (χ4v) is 4.50. The summed E-state index contributed by atoms with van der Waals surface area (Å²) in [6.45, 7) is 0. The predicted octanol–water partition coefficient (Wildman–Crippen LogP) is 6.29. The van der Waals surface area contributed by atoms with E-state index in [0.29, 0.717) is 4.90 Å². The van der Waals surface area contributed by atoms with Gasteiger partial charge in [0.05, 0.1) is 16.2 Å². The third-order valence-electron chi connectivity index (χ3n) is 5.80. The molecular weight excluding hydrogens is 604 g/mol. The maximum Gasteiger partial charge on any atom is 0.276 e. The Morgan fingerprint density at radius 3 is 2.16 bits per heavy atom. The standard InChI is InChI=1S/C30H20F4N4O5S/c31-21-15-22(32)27(34)28(26(21)33)37-25(39)16-44-20-11-6-10-19(14-20)35-30(41)23(36-29(40)17-7-2-1-3-8-17)13-18-9-4-5-12-24(18)38(42)43/h1-15H,16H2,(H,35,41)(H,36,40)(H,37,39)/b23-13+. The zero-order valence-corrected chi connectivity index (χ0v) is 23.1. The molecule has 3 N–H and O–H groups in total. The smallest absolute Gasteiger partial charge is 0.276 e. The fourth-order valence-electron chi connectivity index (χ4n) is 3.74. The number of nitro benzene ring substituents is 1. The molecule has 0 radical (unpaired) electrons. The van der Waals surface area contributed by atoms with Crippen molar-refractivity contribution in [3.63, 3.8) is 0 Å². The minimum Gasteiger partial charge on any atom is -0.321 e. The van der Waals surface area contributed by atoms with E-state index in [-0.39, 0.29) is 34.3 Å². The SMILES string of the molecule is O=C(CSc1cccc(NC(=O)/C(=C\c2ccccc2[N+](=O)[O-])NC(=O)c2ccccc2)c1)Nc1c(F)c(F)cc(F)c1F. The van der Waals surface area contributed by atoms with Gasteiger partial charge < -0.3 is 16.0 Å². The van der Waals surface area contributed by atoms with E-state index in [4.69, 9.17) is 0 Å². The molecule has 0 bridgehead atoms. The molecule has 44 heavy (non-hydrogen) atoms. The van der Waals surface area contributed by atoms with E-state index in [9.17, 15) is 42.1 Å². The van der Waals surface area contributed by atoms with Crippen LogP contribution >= 0.6 is 11.8 Å². The lowest BCUT2D eigenvalue weighted by Crippen LogP contribution is -2.30. The first-order valence-corrected chi connectivity index (χ1v) is 13.5. The highest BCUT2D eigenvalue weighted by atomic mass is 32.2. The highest BCUT2D eigenvalue weighted by Crippen LogP contribution is 2.26. The van der Waals surface area contributed by atoms with Crippen LogP contribution in [0.5, 0.6) is 0 Å². The molecule has 9 nitrogen and oxygen atoms in total. The van der Waals surface area contributed by atoms with Crippen LogP contribution in [0.15, 0.2) is 95.5 Å². The number of anilines is 2. The third kappa shape index (κ3) is 7.86. The molecule has 0 heterocycles. The van der Waals surface area contributed by atoms with Crippen molar-refractivity contribution in [1.82, 2.24) is 5.32 Å².